The maximum Gasteiger partial charge on any atom is 0.341 e. The van der Waals surface area contributed by atoms with Gasteiger partial charge in [-0.2, -0.15) is 0 Å². The molecule has 98 valence electrons. The summed E-state index contributed by atoms with van der Waals surface area (Å²) in [6.45, 7) is 4.02. The second-order valence-electron chi connectivity index (χ2n) is 4.60. The first kappa shape index (κ1) is 13.1. The van der Waals surface area contributed by atoms with Gasteiger partial charge in [0.05, 0.1) is 5.69 Å². The van der Waals surface area contributed by atoms with E-state index in [0.29, 0.717) is 5.69 Å². The Morgan fingerprint density at radius 1 is 1.11 bits per heavy atom. The summed E-state index contributed by atoms with van der Waals surface area (Å²) < 4.78 is 1.37. The van der Waals surface area contributed by atoms with E-state index in [0.717, 1.165) is 11.1 Å². The molecule has 2 aromatic rings. The number of aromatic nitrogens is 1. The van der Waals surface area contributed by atoms with Gasteiger partial charge in [-0.3, -0.25) is 4.79 Å². The monoisotopic (exact) mass is 257 g/mol. The van der Waals surface area contributed by atoms with Crippen molar-refractivity contribution < 1.29 is 9.90 Å². The smallest absolute Gasteiger partial charge is 0.341 e. The number of hydrogen-bond donors (Lipinski definition) is 1. The highest BCUT2D eigenvalue weighted by Gasteiger charge is 2.12. The fourth-order valence-electron chi connectivity index (χ4n) is 1.99. The van der Waals surface area contributed by atoms with Crippen LogP contribution in [0.25, 0.3) is 11.3 Å². The van der Waals surface area contributed by atoms with Crippen molar-refractivity contribution in [2.45, 2.75) is 13.8 Å². The van der Waals surface area contributed by atoms with Crippen molar-refractivity contribution in [1.29, 1.82) is 0 Å². The highest BCUT2D eigenvalue weighted by molar-refractivity contribution is 5.87. The summed E-state index contributed by atoms with van der Waals surface area (Å²) in [7, 11) is 1.58. The van der Waals surface area contributed by atoms with Crippen molar-refractivity contribution in [3.05, 3.63) is 57.4 Å². The third-order valence-corrected chi connectivity index (χ3v) is 3.34. The summed E-state index contributed by atoms with van der Waals surface area (Å²) in [5.41, 5.74) is 3.21. The first-order chi connectivity index (χ1) is 8.91. The molecule has 0 amide bonds. The van der Waals surface area contributed by atoms with Crippen molar-refractivity contribution in [3.63, 3.8) is 0 Å². The number of pyridine rings is 1. The molecule has 4 heteroatoms. The van der Waals surface area contributed by atoms with E-state index >= 15 is 0 Å². The van der Waals surface area contributed by atoms with Crippen LogP contribution in [0, 0.1) is 13.8 Å². The van der Waals surface area contributed by atoms with E-state index < -0.39 is 11.5 Å². The molecule has 0 saturated carbocycles. The van der Waals surface area contributed by atoms with E-state index in [1.807, 2.05) is 32.0 Å². The molecule has 0 radical (unpaired) electrons. The summed E-state index contributed by atoms with van der Waals surface area (Å²) in [5.74, 6) is -1.20. The van der Waals surface area contributed by atoms with Gasteiger partial charge in [-0.15, -0.1) is 0 Å². The molecule has 0 unspecified atom stereocenters. The van der Waals surface area contributed by atoms with Crippen LogP contribution in [0.4, 0.5) is 0 Å². The molecule has 0 atom stereocenters. The molecule has 1 heterocycles. The van der Waals surface area contributed by atoms with Crippen LogP contribution in [0.15, 0.2) is 35.1 Å². The first-order valence-electron chi connectivity index (χ1n) is 5.92. The number of aromatic carboxylic acids is 1. The number of benzene rings is 1. The minimum atomic E-state index is -1.20. The maximum atomic E-state index is 11.9. The molecule has 1 N–H and O–H groups in total. The van der Waals surface area contributed by atoms with Crippen molar-refractivity contribution in [1.82, 2.24) is 4.57 Å². The molecule has 0 bridgehead atoms. The summed E-state index contributed by atoms with van der Waals surface area (Å²) in [6, 6.07) is 8.92. The molecule has 4 nitrogen and oxygen atoms in total. The molecule has 19 heavy (non-hydrogen) atoms. The lowest BCUT2D eigenvalue weighted by atomic mass is 10.0. The highest BCUT2D eigenvalue weighted by Crippen LogP contribution is 2.20. The molecule has 0 spiro atoms. The zero-order valence-corrected chi connectivity index (χ0v) is 11.1. The van der Waals surface area contributed by atoms with Gasteiger partial charge in [0.1, 0.15) is 5.56 Å². The number of nitrogens with zero attached hydrogens (tertiary/aromatic N) is 1. The Labute approximate surface area is 110 Å². The molecule has 0 saturated heterocycles. The SMILES string of the molecule is Cc1ccc(-c2ccc(C(=O)O)c(=O)n2C)cc1C. The van der Waals surface area contributed by atoms with Crippen molar-refractivity contribution >= 4 is 5.97 Å². The predicted octanol–water partition coefficient (Wildman–Crippen LogP) is 2.37. The minimum Gasteiger partial charge on any atom is -0.477 e. The van der Waals surface area contributed by atoms with Crippen molar-refractivity contribution in [3.8, 4) is 11.3 Å². The topological polar surface area (TPSA) is 59.3 Å². The van der Waals surface area contributed by atoms with E-state index in [9.17, 15) is 9.59 Å². The lowest BCUT2D eigenvalue weighted by molar-refractivity contribution is 0.0694. The van der Waals surface area contributed by atoms with Gasteiger partial charge in [0.25, 0.3) is 5.56 Å². The van der Waals surface area contributed by atoms with E-state index in [4.69, 9.17) is 5.11 Å². The molecule has 2 rings (SSSR count). The quantitative estimate of drug-likeness (QED) is 0.898. The van der Waals surface area contributed by atoms with E-state index in [1.165, 1.54) is 16.2 Å². The molecule has 0 fully saturated rings. The standard InChI is InChI=1S/C15H15NO3/c1-9-4-5-11(8-10(9)2)13-7-6-12(15(18)19)14(17)16(13)3/h4-8H,1-3H3,(H,18,19). The van der Waals surface area contributed by atoms with Gasteiger partial charge in [-0.05, 0) is 48.7 Å². The zero-order valence-electron chi connectivity index (χ0n) is 11.1. The Morgan fingerprint density at radius 2 is 1.79 bits per heavy atom. The number of carboxylic acids is 1. The lowest BCUT2D eigenvalue weighted by Crippen LogP contribution is -2.25. The normalized spacial score (nSPS) is 10.5. The Morgan fingerprint density at radius 3 is 2.37 bits per heavy atom. The van der Waals surface area contributed by atoms with Gasteiger partial charge in [0.15, 0.2) is 0 Å². The van der Waals surface area contributed by atoms with Crippen LogP contribution in [0.1, 0.15) is 21.5 Å². The Kier molecular flexibility index (Phi) is 3.25. The molecule has 1 aromatic carbocycles. The first-order valence-corrected chi connectivity index (χ1v) is 5.92. The van der Waals surface area contributed by atoms with E-state index in [-0.39, 0.29) is 5.56 Å². The fourth-order valence-corrected chi connectivity index (χ4v) is 1.99. The number of rotatable bonds is 2. The van der Waals surface area contributed by atoms with Gasteiger partial charge >= 0.3 is 5.97 Å². The highest BCUT2D eigenvalue weighted by atomic mass is 16.4. The van der Waals surface area contributed by atoms with Crippen molar-refractivity contribution in [2.75, 3.05) is 0 Å². The Balaban J connectivity index is 2.64. The van der Waals surface area contributed by atoms with E-state index in [2.05, 4.69) is 0 Å². The zero-order chi connectivity index (χ0) is 14.2. The van der Waals surface area contributed by atoms with Crippen LogP contribution >= 0.6 is 0 Å². The van der Waals surface area contributed by atoms with Crippen LogP contribution in [0.5, 0.6) is 0 Å². The van der Waals surface area contributed by atoms with Crippen LogP contribution in [0.3, 0.4) is 0 Å². The molecule has 0 aliphatic rings. The Hall–Kier alpha value is -2.36. The minimum absolute atomic E-state index is 0.213. The summed E-state index contributed by atoms with van der Waals surface area (Å²) in [6.07, 6.45) is 0. The largest absolute Gasteiger partial charge is 0.477 e. The Bertz CT molecular complexity index is 714. The molecular formula is C15H15NO3. The molecule has 1 aromatic heterocycles. The fraction of sp³-hybridized carbons (Fsp3) is 0.200. The van der Waals surface area contributed by atoms with Crippen molar-refractivity contribution in [2.24, 2.45) is 7.05 Å². The van der Waals surface area contributed by atoms with Crippen LogP contribution in [-0.4, -0.2) is 15.6 Å². The molecular weight excluding hydrogens is 242 g/mol. The van der Waals surface area contributed by atoms with Gasteiger partial charge in [0, 0.05) is 7.05 Å². The summed E-state index contributed by atoms with van der Waals surface area (Å²) >= 11 is 0. The van der Waals surface area contributed by atoms with Crippen LogP contribution in [-0.2, 0) is 7.05 Å². The second kappa shape index (κ2) is 4.72. The summed E-state index contributed by atoms with van der Waals surface area (Å²) in [4.78, 5) is 22.8. The number of carboxylic acid groups (broad SMARTS) is 1. The van der Waals surface area contributed by atoms with Gasteiger partial charge < -0.3 is 9.67 Å². The molecule has 0 aliphatic carbocycles. The van der Waals surface area contributed by atoms with Crippen LogP contribution in [0.2, 0.25) is 0 Å². The van der Waals surface area contributed by atoms with E-state index in [1.54, 1.807) is 13.1 Å². The average Bonchev–Trinajstić information content (AvgIpc) is 2.36. The van der Waals surface area contributed by atoms with Gasteiger partial charge in [0.2, 0.25) is 0 Å². The predicted molar refractivity (Wildman–Crippen MR) is 73.6 cm³/mol. The molecule has 0 aliphatic heterocycles. The van der Waals surface area contributed by atoms with Gasteiger partial charge in [-0.1, -0.05) is 12.1 Å². The van der Waals surface area contributed by atoms with Crippen LogP contribution < -0.4 is 5.56 Å². The number of aryl methyl sites for hydroxylation is 2. The third-order valence-electron chi connectivity index (χ3n) is 3.34. The number of carbonyl (C=O) groups is 1. The average molecular weight is 257 g/mol. The third kappa shape index (κ3) is 2.29. The second-order valence-corrected chi connectivity index (χ2v) is 4.60. The lowest BCUT2D eigenvalue weighted by Gasteiger charge is -2.11. The number of hydrogen-bond acceptors (Lipinski definition) is 2. The summed E-state index contributed by atoms with van der Waals surface area (Å²) in [5, 5.41) is 8.92. The maximum absolute atomic E-state index is 11.9. The van der Waals surface area contributed by atoms with Gasteiger partial charge in [-0.25, -0.2) is 4.79 Å².